The zero-order valence-electron chi connectivity index (χ0n) is 6.07. The summed E-state index contributed by atoms with van der Waals surface area (Å²) in [6.07, 6.45) is 7.60. The van der Waals surface area contributed by atoms with Crippen molar-refractivity contribution >= 4 is 0 Å². The van der Waals surface area contributed by atoms with Gasteiger partial charge in [-0.15, -0.1) is 10.2 Å². The summed E-state index contributed by atoms with van der Waals surface area (Å²) in [5, 5.41) is 11.5. The van der Waals surface area contributed by atoms with E-state index in [1.54, 1.807) is 0 Å². The van der Waals surface area contributed by atoms with Crippen LogP contribution >= 0.6 is 0 Å². The number of halogens is 2. The minimum absolute atomic E-state index is 0. The van der Waals surface area contributed by atoms with Crippen molar-refractivity contribution in [2.75, 3.05) is 0 Å². The number of rotatable bonds is 1. The van der Waals surface area contributed by atoms with Crippen molar-refractivity contribution in [2.24, 2.45) is 0 Å². The van der Waals surface area contributed by atoms with Crippen LogP contribution in [0.1, 0.15) is 0 Å². The molecular formula is C6H8I2N4. The molecule has 6 heteroatoms. The van der Waals surface area contributed by atoms with Crippen LogP contribution in [-0.2, 0) is 0 Å². The summed E-state index contributed by atoms with van der Waals surface area (Å²) in [4.78, 5) is 0. The van der Waals surface area contributed by atoms with E-state index in [0.29, 0.717) is 0 Å². The van der Waals surface area contributed by atoms with Crippen molar-refractivity contribution in [3.05, 3.63) is 24.8 Å². The zero-order valence-corrected chi connectivity index (χ0v) is 10.4. The molecule has 66 valence electrons. The first-order chi connectivity index (χ1) is 4.97. The average Bonchev–Trinajstić information content (AvgIpc) is 2.59. The minimum atomic E-state index is 0. The molecule has 0 unspecified atom stereocenters. The molecule has 0 aromatic carbocycles. The summed E-state index contributed by atoms with van der Waals surface area (Å²) in [5.41, 5.74) is 2.27. The van der Waals surface area contributed by atoms with E-state index in [1.807, 2.05) is 24.8 Å². The van der Waals surface area contributed by atoms with Crippen molar-refractivity contribution in [3.8, 4) is 11.1 Å². The Balaban J connectivity index is 0.000000605. The first-order valence-corrected chi connectivity index (χ1v) is 3.06. The van der Waals surface area contributed by atoms with E-state index < -0.39 is 0 Å². The van der Waals surface area contributed by atoms with E-state index in [-0.39, 0.29) is 48.0 Å². The van der Waals surface area contributed by atoms with Gasteiger partial charge in [0.25, 0.3) is 0 Å². The van der Waals surface area contributed by atoms with Crippen LogP contribution in [0.4, 0.5) is 0 Å². The van der Waals surface area contributed by atoms with Gasteiger partial charge in [0.1, 0.15) is 0 Å². The van der Waals surface area contributed by atoms with Crippen LogP contribution in [0.5, 0.6) is 0 Å². The molecule has 0 radical (unpaired) electrons. The molecule has 2 aromatic rings. The highest BCUT2D eigenvalue weighted by Crippen LogP contribution is 2.11. The van der Waals surface area contributed by atoms with E-state index in [9.17, 15) is 0 Å². The van der Waals surface area contributed by atoms with E-state index in [4.69, 9.17) is 0 Å². The lowest BCUT2D eigenvalue weighted by Crippen LogP contribution is -3.00. The van der Waals surface area contributed by atoms with Gasteiger partial charge in [0.05, 0.1) is 23.5 Å². The Kier molecular flexibility index (Phi) is 5.46. The number of hydrogen-bond acceptors (Lipinski definition) is 0. The van der Waals surface area contributed by atoms with Crippen LogP contribution in [0.2, 0.25) is 0 Å². The fourth-order valence-electron chi connectivity index (χ4n) is 0.894. The lowest BCUT2D eigenvalue weighted by atomic mass is 10.2. The van der Waals surface area contributed by atoms with Crippen molar-refractivity contribution in [2.45, 2.75) is 0 Å². The van der Waals surface area contributed by atoms with Crippen LogP contribution in [0.3, 0.4) is 0 Å². The molecule has 0 atom stereocenters. The summed E-state index contributed by atoms with van der Waals surface area (Å²) in [6, 6.07) is 0. The molecule has 0 saturated carbocycles. The van der Waals surface area contributed by atoms with Crippen LogP contribution in [0.25, 0.3) is 11.1 Å². The summed E-state index contributed by atoms with van der Waals surface area (Å²) >= 11 is 0. The van der Waals surface area contributed by atoms with Gasteiger partial charge < -0.3 is 48.0 Å². The lowest BCUT2D eigenvalue weighted by molar-refractivity contribution is -0.449. The van der Waals surface area contributed by atoms with Gasteiger partial charge in [0.15, 0.2) is 0 Å². The van der Waals surface area contributed by atoms with Gasteiger partial charge in [-0.2, -0.15) is 10.2 Å². The van der Waals surface area contributed by atoms with Gasteiger partial charge in [-0.1, -0.05) is 0 Å². The Labute approximate surface area is 104 Å². The fraction of sp³-hybridized carbons (Fsp3) is 0. The molecule has 0 aliphatic rings. The predicted octanol–water partition coefficient (Wildman–Crippen LogP) is -6.35. The van der Waals surface area contributed by atoms with Gasteiger partial charge in [-0.25, -0.2) is 0 Å². The second kappa shape index (κ2) is 5.51. The molecule has 0 amide bonds. The Morgan fingerprint density at radius 3 is 1.50 bits per heavy atom. The molecule has 0 saturated heterocycles. The molecule has 4 N–H and O–H groups in total. The van der Waals surface area contributed by atoms with Crippen LogP contribution in [0.15, 0.2) is 24.8 Å². The average molecular weight is 390 g/mol. The maximum absolute atomic E-state index is 2.87. The highest BCUT2D eigenvalue weighted by atomic mass is 127. The van der Waals surface area contributed by atoms with Crippen LogP contribution < -0.4 is 58.2 Å². The molecule has 0 aliphatic carbocycles. The van der Waals surface area contributed by atoms with E-state index in [1.165, 1.54) is 0 Å². The third kappa shape index (κ3) is 2.44. The van der Waals surface area contributed by atoms with Crippen molar-refractivity contribution in [1.82, 2.24) is 10.2 Å². The highest BCUT2D eigenvalue weighted by Gasteiger charge is 2.03. The molecule has 2 heterocycles. The van der Waals surface area contributed by atoms with Gasteiger partial charge >= 0.3 is 0 Å². The molecule has 4 nitrogen and oxygen atoms in total. The van der Waals surface area contributed by atoms with Crippen molar-refractivity contribution in [3.63, 3.8) is 0 Å². The SMILES string of the molecule is [I-].[I-].c1[nH][nH+]cc1-c1c[nH][nH+]c1. The number of nitrogens with one attached hydrogen (secondary N) is 4. The number of aromatic nitrogens is 4. The molecule has 0 fully saturated rings. The normalized spacial score (nSPS) is 8.33. The predicted molar refractivity (Wildman–Crippen MR) is 33.7 cm³/mol. The second-order valence-electron chi connectivity index (χ2n) is 2.07. The first kappa shape index (κ1) is 11.9. The lowest BCUT2D eigenvalue weighted by Gasteiger charge is -1.75. The van der Waals surface area contributed by atoms with Gasteiger partial charge in [-0.3, -0.25) is 0 Å². The van der Waals surface area contributed by atoms with Gasteiger partial charge in [-0.05, 0) is 0 Å². The molecule has 0 spiro atoms. The Morgan fingerprint density at radius 1 is 0.833 bits per heavy atom. The molecular weight excluding hydrogens is 382 g/mol. The third-order valence-corrected chi connectivity index (χ3v) is 1.41. The smallest absolute Gasteiger partial charge is 0.200 e. The van der Waals surface area contributed by atoms with Gasteiger partial charge in [0, 0.05) is 0 Å². The standard InChI is InChI=1S/C6H6N4.2HI/c1-5(2-8-7-1)6-3-9-10-4-6;;/h1-4H,(H,7,8)(H,9,10);2*1H. The summed E-state index contributed by atoms with van der Waals surface area (Å²) in [7, 11) is 0. The maximum Gasteiger partial charge on any atom is 0.200 e. The highest BCUT2D eigenvalue weighted by molar-refractivity contribution is 5.57. The summed E-state index contributed by atoms with van der Waals surface area (Å²) in [5.74, 6) is 0. The Bertz CT molecular complexity index is 257. The number of aromatic amines is 4. The van der Waals surface area contributed by atoms with Crippen molar-refractivity contribution in [1.29, 1.82) is 0 Å². The Hall–Kier alpha value is -0.120. The number of H-pyrrole nitrogens is 4. The molecule has 2 aromatic heterocycles. The number of hydrogen-bond donors (Lipinski definition) is 2. The maximum atomic E-state index is 2.87. The van der Waals surface area contributed by atoms with E-state index in [2.05, 4.69) is 20.4 Å². The van der Waals surface area contributed by atoms with Crippen molar-refractivity contribution < 1.29 is 58.2 Å². The Morgan fingerprint density at radius 2 is 1.25 bits per heavy atom. The monoisotopic (exact) mass is 390 g/mol. The first-order valence-electron chi connectivity index (χ1n) is 3.06. The van der Waals surface area contributed by atoms with Crippen LogP contribution in [-0.4, -0.2) is 10.2 Å². The summed E-state index contributed by atoms with van der Waals surface area (Å²) < 4.78 is 0. The minimum Gasteiger partial charge on any atom is -1.00 e. The molecule has 2 rings (SSSR count). The fourth-order valence-corrected chi connectivity index (χ4v) is 0.894. The molecule has 0 aliphatic heterocycles. The van der Waals surface area contributed by atoms with E-state index in [0.717, 1.165) is 11.1 Å². The summed E-state index contributed by atoms with van der Waals surface area (Å²) in [6.45, 7) is 0. The zero-order chi connectivity index (χ0) is 6.81. The second-order valence-corrected chi connectivity index (χ2v) is 2.07. The van der Waals surface area contributed by atoms with Gasteiger partial charge in [0.2, 0.25) is 12.4 Å². The quantitative estimate of drug-likeness (QED) is 0.456. The van der Waals surface area contributed by atoms with Crippen LogP contribution in [0, 0.1) is 0 Å². The molecule has 0 bridgehead atoms. The van der Waals surface area contributed by atoms with E-state index >= 15 is 0 Å². The largest absolute Gasteiger partial charge is 1.00 e. The topological polar surface area (TPSA) is 59.9 Å². The molecule has 12 heavy (non-hydrogen) atoms. The third-order valence-electron chi connectivity index (χ3n) is 1.41.